The Morgan fingerprint density at radius 1 is 1.19 bits per heavy atom. The molecule has 2 aromatic heterocycles. The third-order valence-electron chi connectivity index (χ3n) is 4.48. The van der Waals surface area contributed by atoms with Crippen molar-refractivity contribution in [3.8, 4) is 0 Å². The van der Waals surface area contributed by atoms with Gasteiger partial charge >= 0.3 is 0 Å². The van der Waals surface area contributed by atoms with Crippen molar-refractivity contribution in [3.05, 3.63) is 69.1 Å². The number of thiophene rings is 1. The van der Waals surface area contributed by atoms with Gasteiger partial charge in [-0.1, -0.05) is 35.9 Å². The normalized spacial score (nSPS) is 11.2. The lowest BCUT2D eigenvalue weighted by Crippen LogP contribution is -2.30. The number of nitrogens with one attached hydrogen (secondary N) is 1. The Balaban J connectivity index is 1.73. The molecule has 0 bridgehead atoms. The predicted molar refractivity (Wildman–Crippen MR) is 111 cm³/mol. The minimum Gasteiger partial charge on any atom is -0.324 e. The first-order chi connectivity index (χ1) is 13.0. The standard InChI is InChI=1S/C20H16ClN3O2S/c1-11-14(21)7-5-8-15(11)22-17(25)10-24-20(26)18-13-6-3-4-9-16(13)27-19(18)12(2)23-24/h3-9H,10H2,1-2H3,(H,22,25). The Labute approximate surface area is 164 Å². The summed E-state index contributed by atoms with van der Waals surface area (Å²) in [5.74, 6) is -0.326. The van der Waals surface area contributed by atoms with E-state index in [1.165, 1.54) is 4.68 Å². The Kier molecular flexibility index (Phi) is 4.45. The Morgan fingerprint density at radius 3 is 2.78 bits per heavy atom. The van der Waals surface area contributed by atoms with Gasteiger partial charge in [-0.3, -0.25) is 9.59 Å². The summed E-state index contributed by atoms with van der Waals surface area (Å²) in [6, 6.07) is 13.1. The molecule has 0 saturated carbocycles. The Bertz CT molecular complexity index is 1260. The van der Waals surface area contributed by atoms with E-state index in [4.69, 9.17) is 11.6 Å². The zero-order valence-corrected chi connectivity index (χ0v) is 16.3. The number of rotatable bonds is 3. The third kappa shape index (κ3) is 3.11. The van der Waals surface area contributed by atoms with Crippen molar-refractivity contribution in [2.24, 2.45) is 0 Å². The van der Waals surface area contributed by atoms with Gasteiger partial charge in [-0.05, 0) is 37.6 Å². The Morgan fingerprint density at radius 2 is 1.96 bits per heavy atom. The van der Waals surface area contributed by atoms with E-state index < -0.39 is 0 Å². The number of anilines is 1. The molecule has 0 unspecified atom stereocenters. The van der Waals surface area contributed by atoms with E-state index in [0.717, 1.165) is 26.0 Å². The fourth-order valence-corrected chi connectivity index (χ4v) is 4.40. The molecule has 1 N–H and O–H groups in total. The minimum absolute atomic E-state index is 0.161. The van der Waals surface area contributed by atoms with Crippen LogP contribution >= 0.6 is 22.9 Å². The highest BCUT2D eigenvalue weighted by Crippen LogP contribution is 2.32. The lowest BCUT2D eigenvalue weighted by molar-refractivity contribution is -0.117. The van der Waals surface area contributed by atoms with Gasteiger partial charge in [0.2, 0.25) is 5.91 Å². The highest BCUT2D eigenvalue weighted by molar-refractivity contribution is 7.26. The van der Waals surface area contributed by atoms with Crippen molar-refractivity contribution in [2.45, 2.75) is 20.4 Å². The average molecular weight is 398 g/mol. The number of amides is 1. The van der Waals surface area contributed by atoms with Gasteiger partial charge in [0.15, 0.2) is 0 Å². The van der Waals surface area contributed by atoms with Crippen molar-refractivity contribution < 1.29 is 4.79 Å². The van der Waals surface area contributed by atoms with Gasteiger partial charge < -0.3 is 5.32 Å². The SMILES string of the molecule is Cc1c(Cl)cccc1NC(=O)Cn1nc(C)c2sc3ccccc3c2c1=O. The van der Waals surface area contributed by atoms with Gasteiger partial charge in [0, 0.05) is 20.8 Å². The summed E-state index contributed by atoms with van der Waals surface area (Å²) in [5, 5.41) is 9.24. The zero-order valence-electron chi connectivity index (χ0n) is 14.7. The molecule has 4 rings (SSSR count). The largest absolute Gasteiger partial charge is 0.324 e. The molecular weight excluding hydrogens is 382 g/mol. The zero-order chi connectivity index (χ0) is 19.1. The maximum absolute atomic E-state index is 13.0. The number of carbonyl (C=O) groups excluding carboxylic acids is 1. The van der Waals surface area contributed by atoms with Crippen LogP contribution in [0.3, 0.4) is 0 Å². The van der Waals surface area contributed by atoms with Crippen LogP contribution in [-0.4, -0.2) is 15.7 Å². The molecule has 0 spiro atoms. The molecule has 7 heteroatoms. The second kappa shape index (κ2) is 6.79. The van der Waals surface area contributed by atoms with Crippen LogP contribution in [-0.2, 0) is 11.3 Å². The molecule has 0 radical (unpaired) electrons. The summed E-state index contributed by atoms with van der Waals surface area (Å²) in [7, 11) is 0. The number of halogens is 1. The lowest BCUT2D eigenvalue weighted by atomic mass is 10.2. The van der Waals surface area contributed by atoms with E-state index in [0.29, 0.717) is 16.1 Å². The fraction of sp³-hybridized carbons (Fsp3) is 0.150. The molecular formula is C20H16ClN3O2S. The van der Waals surface area contributed by atoms with Crippen LogP contribution in [0.5, 0.6) is 0 Å². The van der Waals surface area contributed by atoms with Crippen molar-refractivity contribution in [1.29, 1.82) is 0 Å². The molecule has 4 aromatic rings. The van der Waals surface area contributed by atoms with E-state index in [1.54, 1.807) is 29.5 Å². The van der Waals surface area contributed by atoms with Crippen molar-refractivity contribution in [2.75, 3.05) is 5.32 Å². The van der Waals surface area contributed by atoms with Crippen LogP contribution < -0.4 is 10.9 Å². The minimum atomic E-state index is -0.326. The summed E-state index contributed by atoms with van der Waals surface area (Å²) < 4.78 is 3.13. The molecule has 0 aliphatic carbocycles. The summed E-state index contributed by atoms with van der Waals surface area (Å²) in [4.78, 5) is 25.5. The first-order valence-corrected chi connectivity index (χ1v) is 9.59. The molecule has 136 valence electrons. The quantitative estimate of drug-likeness (QED) is 0.552. The number of benzene rings is 2. The van der Waals surface area contributed by atoms with E-state index in [9.17, 15) is 9.59 Å². The van der Waals surface area contributed by atoms with E-state index in [-0.39, 0.29) is 18.0 Å². The van der Waals surface area contributed by atoms with Crippen molar-refractivity contribution in [3.63, 3.8) is 0 Å². The summed E-state index contributed by atoms with van der Waals surface area (Å²) in [5.41, 5.74) is 1.88. The second-order valence-electron chi connectivity index (χ2n) is 6.31. The van der Waals surface area contributed by atoms with E-state index >= 15 is 0 Å². The highest BCUT2D eigenvalue weighted by Gasteiger charge is 2.16. The van der Waals surface area contributed by atoms with Crippen LogP contribution in [0.25, 0.3) is 20.2 Å². The van der Waals surface area contributed by atoms with Crippen molar-refractivity contribution in [1.82, 2.24) is 9.78 Å². The number of nitrogens with zero attached hydrogens (tertiary/aromatic N) is 2. The van der Waals surface area contributed by atoms with Crippen molar-refractivity contribution >= 4 is 54.7 Å². The van der Waals surface area contributed by atoms with Gasteiger partial charge in [0.25, 0.3) is 5.56 Å². The van der Waals surface area contributed by atoms with Gasteiger partial charge in [0.1, 0.15) is 6.54 Å². The number of carbonyl (C=O) groups is 1. The molecule has 0 atom stereocenters. The van der Waals surface area contributed by atoms with Crippen LogP contribution in [0.2, 0.25) is 5.02 Å². The second-order valence-corrected chi connectivity index (χ2v) is 7.77. The number of fused-ring (bicyclic) bond motifs is 3. The third-order valence-corrected chi connectivity index (χ3v) is 6.17. The first-order valence-electron chi connectivity index (χ1n) is 8.39. The van der Waals surface area contributed by atoms with E-state index in [2.05, 4.69) is 10.4 Å². The maximum atomic E-state index is 13.0. The molecule has 5 nitrogen and oxygen atoms in total. The number of hydrogen-bond donors (Lipinski definition) is 1. The van der Waals surface area contributed by atoms with Gasteiger partial charge in [-0.15, -0.1) is 11.3 Å². The van der Waals surface area contributed by atoms with Crippen LogP contribution in [0, 0.1) is 13.8 Å². The van der Waals surface area contributed by atoms with Gasteiger partial charge in [-0.25, -0.2) is 4.68 Å². The van der Waals surface area contributed by atoms with Gasteiger partial charge in [0.05, 0.1) is 15.8 Å². The summed E-state index contributed by atoms with van der Waals surface area (Å²) in [6.45, 7) is 3.52. The van der Waals surface area contributed by atoms with E-state index in [1.807, 2.05) is 38.1 Å². The Hall–Kier alpha value is -2.70. The molecule has 0 fully saturated rings. The molecule has 2 aromatic carbocycles. The monoisotopic (exact) mass is 397 g/mol. The predicted octanol–water partition coefficient (Wildman–Crippen LogP) is 4.52. The molecule has 1 amide bonds. The summed E-state index contributed by atoms with van der Waals surface area (Å²) in [6.07, 6.45) is 0. The fourth-order valence-electron chi connectivity index (χ4n) is 3.09. The topological polar surface area (TPSA) is 64.0 Å². The molecule has 27 heavy (non-hydrogen) atoms. The highest BCUT2D eigenvalue weighted by atomic mass is 35.5. The number of aryl methyl sites for hydroxylation is 1. The lowest BCUT2D eigenvalue weighted by Gasteiger charge is -2.10. The van der Waals surface area contributed by atoms with Gasteiger partial charge in [-0.2, -0.15) is 5.10 Å². The summed E-state index contributed by atoms with van der Waals surface area (Å²) >= 11 is 7.64. The smallest absolute Gasteiger partial charge is 0.276 e. The maximum Gasteiger partial charge on any atom is 0.276 e. The van der Waals surface area contributed by atoms with Crippen LogP contribution in [0.1, 0.15) is 11.3 Å². The molecule has 0 saturated heterocycles. The van der Waals surface area contributed by atoms with Crippen LogP contribution in [0.15, 0.2) is 47.3 Å². The number of aromatic nitrogens is 2. The van der Waals surface area contributed by atoms with Crippen LogP contribution in [0.4, 0.5) is 5.69 Å². The molecule has 2 heterocycles. The molecule has 0 aliphatic heterocycles. The number of hydrogen-bond acceptors (Lipinski definition) is 4. The average Bonchev–Trinajstić information content (AvgIpc) is 3.04. The first kappa shape index (κ1) is 17.7. The molecule has 0 aliphatic rings.